The maximum absolute atomic E-state index is 12.2. The normalized spacial score (nSPS) is 14.1. The second-order valence-electron chi connectivity index (χ2n) is 6.38. The molecule has 0 saturated heterocycles. The quantitative estimate of drug-likeness (QED) is 0.898. The lowest BCUT2D eigenvalue weighted by Crippen LogP contribution is -2.25. The summed E-state index contributed by atoms with van der Waals surface area (Å²) in [5.74, 6) is 0.0884. The molecule has 1 saturated carbocycles. The maximum Gasteiger partial charge on any atom is 0.224 e. The number of rotatable bonds is 5. The van der Waals surface area contributed by atoms with E-state index in [4.69, 9.17) is 0 Å². The van der Waals surface area contributed by atoms with Gasteiger partial charge in [0, 0.05) is 24.0 Å². The van der Waals surface area contributed by atoms with E-state index in [0.717, 1.165) is 5.56 Å². The summed E-state index contributed by atoms with van der Waals surface area (Å²) in [6.45, 7) is 6.99. The molecule has 1 aromatic carbocycles. The van der Waals surface area contributed by atoms with E-state index < -0.39 is 0 Å². The monoisotopic (exact) mass is 296 g/mol. The van der Waals surface area contributed by atoms with Crippen LogP contribution in [0.15, 0.2) is 30.3 Å². The average molecular weight is 296 g/mol. The molecule has 3 heteroatoms. The van der Waals surface area contributed by atoms with Crippen LogP contribution in [0.5, 0.6) is 0 Å². The van der Waals surface area contributed by atoms with Crippen LogP contribution >= 0.6 is 0 Å². The van der Waals surface area contributed by atoms with Crippen molar-refractivity contribution in [2.75, 3.05) is 0 Å². The Labute approximate surface area is 132 Å². The number of hydrogen-bond acceptors (Lipinski definition) is 1. The van der Waals surface area contributed by atoms with Crippen LogP contribution in [0.1, 0.15) is 47.0 Å². The number of carbonyl (C=O) groups excluding carboxylic acids is 1. The zero-order chi connectivity index (χ0) is 15.7. The SMILES string of the molecule is Cc1ccccc1CC(=O)NCc1cc(C)n(C2CC2)c1C. The molecule has 1 N–H and O–H groups in total. The number of benzene rings is 1. The van der Waals surface area contributed by atoms with Crippen LogP contribution < -0.4 is 5.32 Å². The molecular weight excluding hydrogens is 272 g/mol. The maximum atomic E-state index is 12.2. The Morgan fingerprint density at radius 3 is 2.59 bits per heavy atom. The van der Waals surface area contributed by atoms with Crippen molar-refractivity contribution in [3.8, 4) is 0 Å². The van der Waals surface area contributed by atoms with Gasteiger partial charge in [-0.05, 0) is 56.4 Å². The average Bonchev–Trinajstić information content (AvgIpc) is 3.26. The van der Waals surface area contributed by atoms with E-state index in [-0.39, 0.29) is 5.91 Å². The lowest BCUT2D eigenvalue weighted by atomic mass is 10.1. The third-order valence-electron chi connectivity index (χ3n) is 4.59. The van der Waals surface area contributed by atoms with Gasteiger partial charge >= 0.3 is 0 Å². The standard InChI is InChI=1S/C19H24N2O/c1-13-6-4-5-7-16(13)11-19(22)20-12-17-10-14(2)21(15(17)3)18-8-9-18/h4-7,10,18H,8-9,11-12H2,1-3H3,(H,20,22). The van der Waals surface area contributed by atoms with Crippen LogP contribution in [0.3, 0.4) is 0 Å². The Morgan fingerprint density at radius 2 is 1.91 bits per heavy atom. The van der Waals surface area contributed by atoms with Gasteiger partial charge in [0.25, 0.3) is 0 Å². The molecule has 116 valence electrons. The zero-order valence-corrected chi connectivity index (χ0v) is 13.6. The highest BCUT2D eigenvalue weighted by Crippen LogP contribution is 2.38. The molecule has 1 fully saturated rings. The van der Waals surface area contributed by atoms with Crippen LogP contribution in [0, 0.1) is 20.8 Å². The molecule has 0 aliphatic heterocycles. The number of aryl methyl sites for hydroxylation is 2. The molecule has 2 aromatic rings. The van der Waals surface area contributed by atoms with Crippen molar-refractivity contribution in [2.45, 2.75) is 52.6 Å². The summed E-state index contributed by atoms with van der Waals surface area (Å²) in [7, 11) is 0. The molecule has 1 aliphatic rings. The van der Waals surface area contributed by atoms with Gasteiger partial charge in [-0.3, -0.25) is 4.79 Å². The van der Waals surface area contributed by atoms with Gasteiger partial charge in [-0.25, -0.2) is 0 Å². The first kappa shape index (κ1) is 14.9. The fourth-order valence-corrected chi connectivity index (χ4v) is 3.16. The minimum atomic E-state index is 0.0884. The Bertz CT molecular complexity index is 695. The fraction of sp³-hybridized carbons (Fsp3) is 0.421. The Balaban J connectivity index is 1.62. The molecule has 1 amide bonds. The highest BCUT2D eigenvalue weighted by Gasteiger charge is 2.26. The molecule has 0 spiro atoms. The van der Waals surface area contributed by atoms with Crippen LogP contribution in [-0.4, -0.2) is 10.5 Å². The van der Waals surface area contributed by atoms with Crippen molar-refractivity contribution in [3.05, 3.63) is 58.4 Å². The van der Waals surface area contributed by atoms with Crippen molar-refractivity contribution in [1.82, 2.24) is 9.88 Å². The topological polar surface area (TPSA) is 34.0 Å². The molecule has 0 bridgehead atoms. The van der Waals surface area contributed by atoms with Gasteiger partial charge in [-0.1, -0.05) is 24.3 Å². The third-order valence-corrected chi connectivity index (χ3v) is 4.59. The first-order valence-corrected chi connectivity index (χ1v) is 8.04. The zero-order valence-electron chi connectivity index (χ0n) is 13.6. The molecule has 3 rings (SSSR count). The molecule has 0 unspecified atom stereocenters. The summed E-state index contributed by atoms with van der Waals surface area (Å²) in [5, 5.41) is 3.06. The minimum Gasteiger partial charge on any atom is -0.352 e. The van der Waals surface area contributed by atoms with E-state index in [9.17, 15) is 4.79 Å². The molecular formula is C19H24N2O. The Kier molecular flexibility index (Phi) is 4.06. The first-order chi connectivity index (χ1) is 10.6. The van der Waals surface area contributed by atoms with E-state index in [2.05, 4.69) is 29.8 Å². The summed E-state index contributed by atoms with van der Waals surface area (Å²) < 4.78 is 2.42. The molecule has 0 atom stereocenters. The lowest BCUT2D eigenvalue weighted by Gasteiger charge is -2.09. The number of nitrogens with zero attached hydrogens (tertiary/aromatic N) is 1. The molecule has 1 aromatic heterocycles. The van der Waals surface area contributed by atoms with Crippen LogP contribution in [-0.2, 0) is 17.8 Å². The molecule has 0 radical (unpaired) electrons. The summed E-state index contributed by atoms with van der Waals surface area (Å²) in [5.41, 5.74) is 6.12. The van der Waals surface area contributed by atoms with E-state index in [1.165, 1.54) is 35.4 Å². The number of aromatic nitrogens is 1. The highest BCUT2D eigenvalue weighted by atomic mass is 16.1. The molecule has 3 nitrogen and oxygen atoms in total. The van der Waals surface area contributed by atoms with Crippen LogP contribution in [0.25, 0.3) is 0 Å². The van der Waals surface area contributed by atoms with E-state index in [0.29, 0.717) is 19.0 Å². The van der Waals surface area contributed by atoms with Crippen molar-refractivity contribution < 1.29 is 4.79 Å². The van der Waals surface area contributed by atoms with E-state index >= 15 is 0 Å². The predicted octanol–water partition coefficient (Wildman–Crippen LogP) is 3.61. The highest BCUT2D eigenvalue weighted by molar-refractivity contribution is 5.78. The number of nitrogens with one attached hydrogen (secondary N) is 1. The third kappa shape index (κ3) is 3.08. The van der Waals surface area contributed by atoms with Gasteiger partial charge in [-0.15, -0.1) is 0 Å². The smallest absolute Gasteiger partial charge is 0.224 e. The van der Waals surface area contributed by atoms with Gasteiger partial charge in [0.1, 0.15) is 0 Å². The van der Waals surface area contributed by atoms with E-state index in [1.807, 2.05) is 31.2 Å². The molecule has 1 heterocycles. The molecule has 1 aliphatic carbocycles. The van der Waals surface area contributed by atoms with Gasteiger partial charge in [0.15, 0.2) is 0 Å². The summed E-state index contributed by atoms with van der Waals surface area (Å²) in [6.07, 6.45) is 3.03. The Morgan fingerprint density at radius 1 is 1.18 bits per heavy atom. The second-order valence-corrected chi connectivity index (χ2v) is 6.38. The van der Waals surface area contributed by atoms with Crippen molar-refractivity contribution >= 4 is 5.91 Å². The number of amides is 1. The summed E-state index contributed by atoms with van der Waals surface area (Å²) >= 11 is 0. The van der Waals surface area contributed by atoms with Crippen LogP contribution in [0.2, 0.25) is 0 Å². The van der Waals surface area contributed by atoms with Gasteiger partial charge in [0.05, 0.1) is 6.42 Å². The summed E-state index contributed by atoms with van der Waals surface area (Å²) in [6, 6.07) is 11.0. The minimum absolute atomic E-state index is 0.0884. The van der Waals surface area contributed by atoms with Crippen molar-refractivity contribution in [1.29, 1.82) is 0 Å². The van der Waals surface area contributed by atoms with Gasteiger partial charge in [0.2, 0.25) is 5.91 Å². The van der Waals surface area contributed by atoms with Crippen molar-refractivity contribution in [2.24, 2.45) is 0 Å². The van der Waals surface area contributed by atoms with Gasteiger partial charge < -0.3 is 9.88 Å². The van der Waals surface area contributed by atoms with Gasteiger partial charge in [-0.2, -0.15) is 0 Å². The Hall–Kier alpha value is -2.03. The fourth-order valence-electron chi connectivity index (χ4n) is 3.16. The van der Waals surface area contributed by atoms with E-state index in [1.54, 1.807) is 0 Å². The number of hydrogen-bond donors (Lipinski definition) is 1. The largest absolute Gasteiger partial charge is 0.352 e. The lowest BCUT2D eigenvalue weighted by molar-refractivity contribution is -0.120. The first-order valence-electron chi connectivity index (χ1n) is 8.04. The predicted molar refractivity (Wildman–Crippen MR) is 88.9 cm³/mol. The second kappa shape index (κ2) is 5.99. The number of carbonyl (C=O) groups is 1. The van der Waals surface area contributed by atoms with Crippen LogP contribution in [0.4, 0.5) is 0 Å². The summed E-state index contributed by atoms with van der Waals surface area (Å²) in [4.78, 5) is 12.2. The molecule has 22 heavy (non-hydrogen) atoms. The van der Waals surface area contributed by atoms with Crippen molar-refractivity contribution in [3.63, 3.8) is 0 Å².